The molecule has 0 aliphatic rings. The summed E-state index contributed by atoms with van der Waals surface area (Å²) in [4.78, 5) is 4.09. The van der Waals surface area contributed by atoms with E-state index >= 15 is 0 Å². The Bertz CT molecular complexity index is 436. The number of nitrogens with zero attached hydrogens (tertiary/aromatic N) is 2. The second-order valence-electron chi connectivity index (χ2n) is 2.93. The predicted molar refractivity (Wildman–Crippen MR) is 50.8 cm³/mol. The third-order valence-electron chi connectivity index (χ3n) is 1.89. The van der Waals surface area contributed by atoms with Crippen LogP contribution in [0.15, 0.2) is 24.5 Å². The molecule has 13 heavy (non-hydrogen) atoms. The second kappa shape index (κ2) is 3.01. The van der Waals surface area contributed by atoms with Gasteiger partial charge < -0.3 is 9.51 Å². The summed E-state index contributed by atoms with van der Waals surface area (Å²) in [5.41, 5.74) is 0.931. The minimum atomic E-state index is -0.582. The van der Waals surface area contributed by atoms with E-state index < -0.39 is 6.10 Å². The minimum absolute atomic E-state index is 0.582. The van der Waals surface area contributed by atoms with Gasteiger partial charge >= 0.3 is 0 Å². The van der Waals surface area contributed by atoms with Gasteiger partial charge in [0.1, 0.15) is 11.9 Å². The number of hydrogen-bond donors (Lipinski definition) is 1. The molecule has 2 aromatic heterocycles. The number of hydrogen-bond acceptors (Lipinski definition) is 2. The van der Waals surface area contributed by atoms with Crippen LogP contribution in [0.5, 0.6) is 0 Å². The van der Waals surface area contributed by atoms with Crippen molar-refractivity contribution >= 4 is 17.1 Å². The number of fused-ring (bicyclic) bond motifs is 1. The van der Waals surface area contributed by atoms with Crippen LogP contribution in [0, 0.1) is 0 Å². The Hall–Kier alpha value is -1.06. The van der Waals surface area contributed by atoms with Gasteiger partial charge in [0, 0.05) is 6.20 Å². The largest absolute Gasteiger partial charge is 0.385 e. The molecule has 2 rings (SSSR count). The van der Waals surface area contributed by atoms with Crippen molar-refractivity contribution in [3.05, 3.63) is 35.4 Å². The van der Waals surface area contributed by atoms with Gasteiger partial charge in [0.05, 0.1) is 16.7 Å². The molecule has 2 aromatic rings. The Labute approximate surface area is 80.6 Å². The van der Waals surface area contributed by atoms with Gasteiger partial charge in [0.25, 0.3) is 0 Å². The number of aromatic nitrogens is 2. The topological polar surface area (TPSA) is 37.5 Å². The molecule has 0 aromatic carbocycles. The monoisotopic (exact) mass is 196 g/mol. The van der Waals surface area contributed by atoms with E-state index in [1.54, 1.807) is 29.8 Å². The van der Waals surface area contributed by atoms with Gasteiger partial charge in [-0.05, 0) is 19.1 Å². The molecule has 0 saturated carbocycles. The first kappa shape index (κ1) is 8.53. The lowest BCUT2D eigenvalue weighted by atomic mass is 10.4. The molecule has 1 N–H and O–H groups in total. The summed E-state index contributed by atoms with van der Waals surface area (Å²) in [6, 6.07) is 3.66. The van der Waals surface area contributed by atoms with E-state index in [-0.39, 0.29) is 0 Å². The standard InChI is InChI=1S/C9H9ClN2O/c1-6(13)9-11-4-8-3-2-7(10)5-12(8)9/h2-6,13H,1H3. The Kier molecular flexibility index (Phi) is 1.98. The summed E-state index contributed by atoms with van der Waals surface area (Å²) in [6.45, 7) is 1.68. The third-order valence-corrected chi connectivity index (χ3v) is 2.12. The molecule has 3 nitrogen and oxygen atoms in total. The number of rotatable bonds is 1. The smallest absolute Gasteiger partial charge is 0.141 e. The molecule has 4 heteroatoms. The Morgan fingerprint density at radius 2 is 2.31 bits per heavy atom. The van der Waals surface area contributed by atoms with Gasteiger partial charge in [-0.2, -0.15) is 0 Å². The number of imidazole rings is 1. The van der Waals surface area contributed by atoms with E-state index in [2.05, 4.69) is 4.98 Å². The van der Waals surface area contributed by atoms with Gasteiger partial charge in [-0.3, -0.25) is 0 Å². The van der Waals surface area contributed by atoms with Crippen molar-refractivity contribution in [2.45, 2.75) is 13.0 Å². The first-order valence-electron chi connectivity index (χ1n) is 3.99. The molecule has 1 unspecified atom stereocenters. The van der Waals surface area contributed by atoms with Gasteiger partial charge in [0.2, 0.25) is 0 Å². The SMILES string of the molecule is CC(O)c1ncc2ccc(Cl)cn12. The molecule has 0 bridgehead atoms. The van der Waals surface area contributed by atoms with Gasteiger partial charge in [-0.25, -0.2) is 4.98 Å². The molecule has 0 amide bonds. The van der Waals surface area contributed by atoms with Crippen molar-refractivity contribution in [3.8, 4) is 0 Å². The zero-order valence-corrected chi connectivity index (χ0v) is 7.86. The zero-order chi connectivity index (χ0) is 9.42. The average molecular weight is 197 g/mol. The number of pyridine rings is 1. The normalized spacial score (nSPS) is 13.5. The van der Waals surface area contributed by atoms with Crippen LogP contribution in [0.25, 0.3) is 5.52 Å². The van der Waals surface area contributed by atoms with Crippen molar-refractivity contribution in [2.75, 3.05) is 0 Å². The lowest BCUT2D eigenvalue weighted by Gasteiger charge is -2.03. The molecule has 0 aliphatic heterocycles. The van der Waals surface area contributed by atoms with Crippen LogP contribution in [-0.2, 0) is 0 Å². The maximum Gasteiger partial charge on any atom is 0.141 e. The Morgan fingerprint density at radius 3 is 3.00 bits per heavy atom. The number of aliphatic hydroxyl groups is 1. The first-order chi connectivity index (χ1) is 6.18. The van der Waals surface area contributed by atoms with Crippen molar-refractivity contribution in [1.82, 2.24) is 9.38 Å². The van der Waals surface area contributed by atoms with E-state index in [9.17, 15) is 5.11 Å². The predicted octanol–water partition coefficient (Wildman–Crippen LogP) is 2.04. The number of halogens is 1. The van der Waals surface area contributed by atoms with Crippen molar-refractivity contribution in [3.63, 3.8) is 0 Å². The second-order valence-corrected chi connectivity index (χ2v) is 3.37. The van der Waals surface area contributed by atoms with Crippen LogP contribution in [0.4, 0.5) is 0 Å². The van der Waals surface area contributed by atoms with Crippen molar-refractivity contribution < 1.29 is 5.11 Å². The molecular formula is C9H9ClN2O. The molecular weight excluding hydrogens is 188 g/mol. The fourth-order valence-electron chi connectivity index (χ4n) is 1.29. The van der Waals surface area contributed by atoms with Crippen LogP contribution in [-0.4, -0.2) is 14.5 Å². The molecule has 0 saturated heterocycles. The van der Waals surface area contributed by atoms with Gasteiger partial charge in [0.15, 0.2) is 0 Å². The van der Waals surface area contributed by atoms with E-state index in [1.807, 2.05) is 6.07 Å². The summed E-state index contributed by atoms with van der Waals surface area (Å²) < 4.78 is 1.78. The lowest BCUT2D eigenvalue weighted by Crippen LogP contribution is -1.98. The highest BCUT2D eigenvalue weighted by molar-refractivity contribution is 6.30. The van der Waals surface area contributed by atoms with Gasteiger partial charge in [-0.1, -0.05) is 11.6 Å². The fraction of sp³-hybridized carbons (Fsp3) is 0.222. The summed E-state index contributed by atoms with van der Waals surface area (Å²) in [7, 11) is 0. The van der Waals surface area contributed by atoms with Crippen LogP contribution in [0.2, 0.25) is 5.02 Å². The molecule has 68 valence electrons. The fourth-order valence-corrected chi connectivity index (χ4v) is 1.45. The highest BCUT2D eigenvalue weighted by atomic mass is 35.5. The molecule has 0 aliphatic carbocycles. The average Bonchev–Trinajstić information content (AvgIpc) is 2.46. The van der Waals surface area contributed by atoms with Gasteiger partial charge in [-0.15, -0.1) is 0 Å². The Balaban J connectivity index is 2.71. The molecule has 0 fully saturated rings. The first-order valence-corrected chi connectivity index (χ1v) is 4.37. The quantitative estimate of drug-likeness (QED) is 0.758. The van der Waals surface area contributed by atoms with Crippen molar-refractivity contribution in [2.24, 2.45) is 0 Å². The lowest BCUT2D eigenvalue weighted by molar-refractivity contribution is 0.188. The van der Waals surface area contributed by atoms with Crippen LogP contribution in [0.1, 0.15) is 18.9 Å². The summed E-state index contributed by atoms with van der Waals surface area (Å²) in [5.74, 6) is 0.609. The highest BCUT2D eigenvalue weighted by Crippen LogP contribution is 2.16. The summed E-state index contributed by atoms with van der Waals surface area (Å²) in [6.07, 6.45) is 2.87. The Morgan fingerprint density at radius 1 is 1.54 bits per heavy atom. The summed E-state index contributed by atoms with van der Waals surface area (Å²) >= 11 is 5.82. The van der Waals surface area contributed by atoms with E-state index in [0.717, 1.165) is 5.52 Å². The molecule has 0 radical (unpaired) electrons. The third kappa shape index (κ3) is 1.41. The maximum absolute atomic E-state index is 9.38. The van der Waals surface area contributed by atoms with Crippen LogP contribution >= 0.6 is 11.6 Å². The number of aliphatic hydroxyl groups excluding tert-OH is 1. The van der Waals surface area contributed by atoms with Crippen LogP contribution in [0.3, 0.4) is 0 Å². The maximum atomic E-state index is 9.38. The van der Waals surface area contributed by atoms with E-state index in [1.165, 1.54) is 0 Å². The van der Waals surface area contributed by atoms with E-state index in [4.69, 9.17) is 11.6 Å². The molecule has 2 heterocycles. The van der Waals surface area contributed by atoms with Crippen molar-refractivity contribution in [1.29, 1.82) is 0 Å². The van der Waals surface area contributed by atoms with E-state index in [0.29, 0.717) is 10.8 Å². The van der Waals surface area contributed by atoms with Crippen LogP contribution < -0.4 is 0 Å². The summed E-state index contributed by atoms with van der Waals surface area (Å²) in [5, 5.41) is 10.0. The molecule has 1 atom stereocenters. The highest BCUT2D eigenvalue weighted by Gasteiger charge is 2.08. The minimum Gasteiger partial charge on any atom is -0.385 e. The molecule has 0 spiro atoms. The zero-order valence-electron chi connectivity index (χ0n) is 7.11.